The van der Waals surface area contributed by atoms with Gasteiger partial charge in [0.1, 0.15) is 0 Å². The zero-order valence-corrected chi connectivity index (χ0v) is 12.1. The van der Waals surface area contributed by atoms with E-state index in [-0.39, 0.29) is 12.1 Å². The van der Waals surface area contributed by atoms with Gasteiger partial charge in [0.2, 0.25) is 5.89 Å². The molecule has 18 heavy (non-hydrogen) atoms. The van der Waals surface area contributed by atoms with Crippen LogP contribution >= 0.6 is 11.8 Å². The normalized spacial score (nSPS) is 23.5. The number of nitrogens with zero attached hydrogens (tertiary/aromatic N) is 3. The van der Waals surface area contributed by atoms with Gasteiger partial charge >= 0.3 is 0 Å². The summed E-state index contributed by atoms with van der Waals surface area (Å²) < 4.78 is 5.31. The van der Waals surface area contributed by atoms with Crippen molar-refractivity contribution < 1.29 is 4.52 Å². The van der Waals surface area contributed by atoms with Gasteiger partial charge in [-0.05, 0) is 13.0 Å². The summed E-state index contributed by atoms with van der Waals surface area (Å²) in [5.41, 5.74) is 6.02. The van der Waals surface area contributed by atoms with E-state index in [9.17, 15) is 0 Å². The number of rotatable bonds is 4. The van der Waals surface area contributed by atoms with Crippen molar-refractivity contribution in [1.29, 1.82) is 0 Å². The lowest BCUT2D eigenvalue weighted by atomic mass is 10.0. The average Bonchev–Trinajstić information content (AvgIpc) is 2.77. The van der Waals surface area contributed by atoms with E-state index in [1.54, 1.807) is 0 Å². The number of thioether (sulfide) groups is 1. The topological polar surface area (TPSA) is 68.2 Å². The fourth-order valence-corrected chi connectivity index (χ4v) is 3.09. The minimum Gasteiger partial charge on any atom is -0.339 e. The highest BCUT2D eigenvalue weighted by Crippen LogP contribution is 2.26. The molecular formula is C12H22N4OS. The van der Waals surface area contributed by atoms with Crippen LogP contribution in [0.2, 0.25) is 0 Å². The van der Waals surface area contributed by atoms with Crippen molar-refractivity contribution in [2.45, 2.75) is 32.4 Å². The van der Waals surface area contributed by atoms with Gasteiger partial charge in [-0.25, -0.2) is 0 Å². The molecule has 6 heteroatoms. The molecule has 0 spiro atoms. The Morgan fingerprint density at radius 3 is 3.00 bits per heavy atom. The third kappa shape index (κ3) is 3.24. The molecule has 0 amide bonds. The lowest BCUT2D eigenvalue weighted by Crippen LogP contribution is -2.33. The molecule has 1 aromatic rings. The monoisotopic (exact) mass is 270 g/mol. The zero-order chi connectivity index (χ0) is 13.1. The number of hydrogen-bond donors (Lipinski definition) is 1. The SMILES string of the molecule is CC(C)C(N)Cc1nc(C2CSCCN2C)no1. The second-order valence-electron chi connectivity index (χ2n) is 5.23. The van der Waals surface area contributed by atoms with Crippen LogP contribution in [0, 0.1) is 5.92 Å². The maximum atomic E-state index is 6.02. The molecule has 1 aromatic heterocycles. The van der Waals surface area contributed by atoms with Gasteiger partial charge in [0.15, 0.2) is 5.82 Å². The quantitative estimate of drug-likeness (QED) is 0.890. The van der Waals surface area contributed by atoms with Crippen LogP contribution in [0.1, 0.15) is 31.6 Å². The maximum Gasteiger partial charge on any atom is 0.228 e. The molecule has 1 aliphatic rings. The van der Waals surface area contributed by atoms with Crippen LogP contribution in [0.25, 0.3) is 0 Å². The van der Waals surface area contributed by atoms with Gasteiger partial charge in [0.05, 0.1) is 6.04 Å². The van der Waals surface area contributed by atoms with Crippen molar-refractivity contribution in [3.63, 3.8) is 0 Å². The number of aromatic nitrogens is 2. The van der Waals surface area contributed by atoms with Crippen LogP contribution in [-0.2, 0) is 6.42 Å². The van der Waals surface area contributed by atoms with Crippen LogP contribution in [0.4, 0.5) is 0 Å². The van der Waals surface area contributed by atoms with E-state index in [2.05, 4.69) is 35.9 Å². The molecule has 1 aliphatic heterocycles. The van der Waals surface area contributed by atoms with E-state index in [1.807, 2.05) is 11.8 Å². The summed E-state index contributed by atoms with van der Waals surface area (Å²) >= 11 is 1.94. The first-order valence-corrected chi connectivity index (χ1v) is 7.59. The third-order valence-corrected chi connectivity index (χ3v) is 4.47. The van der Waals surface area contributed by atoms with Gasteiger partial charge in [0.25, 0.3) is 0 Å². The van der Waals surface area contributed by atoms with Crippen LogP contribution < -0.4 is 5.73 Å². The average molecular weight is 270 g/mol. The number of nitrogens with two attached hydrogens (primary N) is 1. The summed E-state index contributed by atoms with van der Waals surface area (Å²) in [6.45, 7) is 5.28. The molecule has 5 nitrogen and oxygen atoms in total. The predicted octanol–water partition coefficient (Wildman–Crippen LogP) is 1.32. The third-order valence-electron chi connectivity index (χ3n) is 3.44. The molecule has 0 radical (unpaired) electrons. The molecule has 1 fully saturated rings. The Bertz CT molecular complexity index is 382. The van der Waals surface area contributed by atoms with Crippen LogP contribution in [0.5, 0.6) is 0 Å². The van der Waals surface area contributed by atoms with Crippen molar-refractivity contribution in [3.8, 4) is 0 Å². The Morgan fingerprint density at radius 2 is 2.33 bits per heavy atom. The first kappa shape index (κ1) is 13.8. The molecule has 2 heterocycles. The highest BCUT2D eigenvalue weighted by Gasteiger charge is 2.26. The molecule has 2 atom stereocenters. The van der Waals surface area contributed by atoms with E-state index < -0.39 is 0 Å². The standard InChI is InChI=1S/C12H22N4OS/c1-8(2)9(13)6-11-14-12(15-17-11)10-7-18-5-4-16(10)3/h8-10H,4-7,13H2,1-3H3. The largest absolute Gasteiger partial charge is 0.339 e. The van der Waals surface area contributed by atoms with Crippen molar-refractivity contribution in [1.82, 2.24) is 15.0 Å². The highest BCUT2D eigenvalue weighted by molar-refractivity contribution is 7.99. The Kier molecular flexibility index (Phi) is 4.64. The van der Waals surface area contributed by atoms with Crippen molar-refractivity contribution >= 4 is 11.8 Å². The lowest BCUT2D eigenvalue weighted by Gasteiger charge is -2.29. The molecule has 102 valence electrons. The molecule has 0 aliphatic carbocycles. The van der Waals surface area contributed by atoms with Crippen LogP contribution in [0.15, 0.2) is 4.52 Å². The minimum atomic E-state index is 0.0803. The van der Waals surface area contributed by atoms with E-state index in [4.69, 9.17) is 10.3 Å². The first-order chi connectivity index (χ1) is 8.58. The Morgan fingerprint density at radius 1 is 1.56 bits per heavy atom. The molecule has 2 N–H and O–H groups in total. The van der Waals surface area contributed by atoms with Crippen molar-refractivity contribution in [2.24, 2.45) is 11.7 Å². The smallest absolute Gasteiger partial charge is 0.228 e. The van der Waals surface area contributed by atoms with Gasteiger partial charge < -0.3 is 10.3 Å². The van der Waals surface area contributed by atoms with Gasteiger partial charge in [-0.2, -0.15) is 16.7 Å². The molecule has 0 aromatic carbocycles. The van der Waals surface area contributed by atoms with Crippen LogP contribution in [0.3, 0.4) is 0 Å². The highest BCUT2D eigenvalue weighted by atomic mass is 32.2. The number of hydrogen-bond acceptors (Lipinski definition) is 6. The molecule has 1 saturated heterocycles. The van der Waals surface area contributed by atoms with E-state index >= 15 is 0 Å². The van der Waals surface area contributed by atoms with Gasteiger partial charge in [-0.3, -0.25) is 4.90 Å². The maximum absolute atomic E-state index is 6.02. The summed E-state index contributed by atoms with van der Waals surface area (Å²) in [7, 11) is 2.11. The zero-order valence-electron chi connectivity index (χ0n) is 11.3. The molecule has 0 saturated carbocycles. The minimum absolute atomic E-state index is 0.0803. The predicted molar refractivity (Wildman–Crippen MR) is 73.5 cm³/mol. The molecular weight excluding hydrogens is 248 g/mol. The fourth-order valence-electron chi connectivity index (χ4n) is 1.88. The van der Waals surface area contributed by atoms with Gasteiger partial charge in [-0.1, -0.05) is 19.0 Å². The molecule has 2 rings (SSSR count). The Labute approximate surface area is 112 Å². The summed E-state index contributed by atoms with van der Waals surface area (Å²) in [6, 6.07) is 0.355. The van der Waals surface area contributed by atoms with Crippen molar-refractivity contribution in [2.75, 3.05) is 25.1 Å². The van der Waals surface area contributed by atoms with Gasteiger partial charge in [0, 0.05) is 30.5 Å². The second kappa shape index (κ2) is 6.04. The van der Waals surface area contributed by atoms with Crippen LogP contribution in [-0.4, -0.2) is 46.2 Å². The summed E-state index contributed by atoms with van der Waals surface area (Å²) in [5, 5.41) is 4.11. The van der Waals surface area contributed by atoms with E-state index in [0.717, 1.165) is 18.1 Å². The fraction of sp³-hybridized carbons (Fsp3) is 0.833. The molecule has 0 bridgehead atoms. The Hall–Kier alpha value is -0.590. The van der Waals surface area contributed by atoms with Gasteiger partial charge in [-0.15, -0.1) is 0 Å². The summed E-state index contributed by atoms with van der Waals surface area (Å²) in [6.07, 6.45) is 0.661. The first-order valence-electron chi connectivity index (χ1n) is 6.44. The van der Waals surface area contributed by atoms with Crippen molar-refractivity contribution in [3.05, 3.63) is 11.7 Å². The Balaban J connectivity index is 2.01. The molecule has 2 unspecified atom stereocenters. The lowest BCUT2D eigenvalue weighted by molar-refractivity contribution is 0.256. The summed E-state index contributed by atoms with van der Waals surface area (Å²) in [5.74, 6) is 4.10. The summed E-state index contributed by atoms with van der Waals surface area (Å²) in [4.78, 5) is 6.78. The second-order valence-corrected chi connectivity index (χ2v) is 6.38. The van der Waals surface area contributed by atoms with E-state index in [0.29, 0.717) is 18.2 Å². The van der Waals surface area contributed by atoms with E-state index in [1.165, 1.54) is 5.75 Å².